The Kier molecular flexibility index (Phi) is 9.22. The molecule has 0 spiro atoms. The summed E-state index contributed by atoms with van der Waals surface area (Å²) in [5.74, 6) is -1.46. The molecule has 1 heterocycles. The number of aromatic carboxylic acids is 1. The van der Waals surface area contributed by atoms with E-state index >= 15 is 0 Å². The van der Waals surface area contributed by atoms with Gasteiger partial charge in [0.2, 0.25) is 21.8 Å². The normalized spacial score (nSPS) is 12.6. The van der Waals surface area contributed by atoms with Gasteiger partial charge in [0, 0.05) is 29.8 Å². The van der Waals surface area contributed by atoms with Crippen molar-refractivity contribution in [2.24, 2.45) is 5.92 Å². The zero-order valence-electron chi connectivity index (χ0n) is 20.5. The van der Waals surface area contributed by atoms with E-state index in [0.717, 1.165) is 0 Å². The van der Waals surface area contributed by atoms with E-state index in [9.17, 15) is 23.1 Å². The molecule has 0 radical (unpaired) electrons. The van der Waals surface area contributed by atoms with E-state index in [2.05, 4.69) is 15.1 Å². The second-order valence-corrected chi connectivity index (χ2v) is 9.78. The summed E-state index contributed by atoms with van der Waals surface area (Å²) in [5, 5.41) is 16.2. The second-order valence-electron chi connectivity index (χ2n) is 8.10. The van der Waals surface area contributed by atoms with Gasteiger partial charge < -0.3 is 15.2 Å². The first-order valence-corrected chi connectivity index (χ1v) is 12.9. The summed E-state index contributed by atoms with van der Waals surface area (Å²) in [6.45, 7) is 11.1. The number of benzene rings is 1. The van der Waals surface area contributed by atoms with E-state index in [1.54, 1.807) is 26.8 Å². The summed E-state index contributed by atoms with van der Waals surface area (Å²) < 4.78 is 36.4. The Morgan fingerprint density at radius 3 is 2.32 bits per heavy atom. The van der Waals surface area contributed by atoms with Gasteiger partial charge in [-0.25, -0.2) is 22.6 Å². The Labute approximate surface area is 200 Å². The summed E-state index contributed by atoms with van der Waals surface area (Å²) in [6.07, 6.45) is 1.90. The average Bonchev–Trinajstić information content (AvgIpc) is 3.10. The van der Waals surface area contributed by atoms with Crippen LogP contribution in [0.25, 0.3) is 0 Å². The number of carbonyl (C=O) groups excluding carboxylic acids is 1. The molecule has 0 aliphatic carbocycles. The lowest BCUT2D eigenvalue weighted by Gasteiger charge is -2.18. The number of aryl methyl sites for hydroxylation is 1. The molecule has 11 heteroatoms. The highest BCUT2D eigenvalue weighted by Crippen LogP contribution is 2.34. The smallest absolute Gasteiger partial charge is 0.356 e. The molecular weight excluding hydrogens is 460 g/mol. The van der Waals surface area contributed by atoms with Crippen molar-refractivity contribution in [2.75, 3.05) is 5.32 Å². The van der Waals surface area contributed by atoms with Crippen LogP contribution in [-0.4, -0.2) is 41.2 Å². The standard InChI is InChI=1S/C23H34N4O6S/c1-7-14(5)26-34(31,32)19-13-17(24-21(28)16(8-2)9-3)11-12-18(19)33-22-15(6)20(23(29)30)25-27(22)10-4/h11-14,16,26H,7-10H2,1-6H3,(H,24,28)(H,29,30)/t14-/m1/s1. The molecule has 2 rings (SSSR count). The van der Waals surface area contributed by atoms with Crippen LogP contribution in [0.1, 0.15) is 69.9 Å². The fourth-order valence-electron chi connectivity index (χ4n) is 3.38. The van der Waals surface area contributed by atoms with E-state index in [1.165, 1.54) is 16.8 Å². The van der Waals surface area contributed by atoms with Crippen LogP contribution in [-0.2, 0) is 21.4 Å². The van der Waals surface area contributed by atoms with E-state index < -0.39 is 16.0 Å². The fourth-order valence-corrected chi connectivity index (χ4v) is 4.86. The number of aromatic nitrogens is 2. The van der Waals surface area contributed by atoms with Crippen molar-refractivity contribution in [3.8, 4) is 11.6 Å². The number of nitrogens with one attached hydrogen (secondary N) is 2. The summed E-state index contributed by atoms with van der Waals surface area (Å²) >= 11 is 0. The molecule has 2 aromatic rings. The van der Waals surface area contributed by atoms with Crippen molar-refractivity contribution >= 4 is 27.6 Å². The SMILES string of the molecule is CCC(CC)C(=O)Nc1ccc(Oc2c(C)c(C(=O)O)nn2CC)c(S(=O)(=O)N[C@H](C)CC)c1. The molecule has 10 nitrogen and oxygen atoms in total. The largest absolute Gasteiger partial charge is 0.476 e. The number of carboxylic acid groups (broad SMARTS) is 1. The van der Waals surface area contributed by atoms with Crippen LogP contribution in [0.5, 0.6) is 11.6 Å². The Hall–Kier alpha value is -2.92. The molecular formula is C23H34N4O6S. The highest BCUT2D eigenvalue weighted by Gasteiger charge is 2.26. The van der Waals surface area contributed by atoms with Gasteiger partial charge in [-0.2, -0.15) is 5.10 Å². The van der Waals surface area contributed by atoms with Gasteiger partial charge in [-0.1, -0.05) is 20.8 Å². The zero-order chi connectivity index (χ0) is 25.6. The molecule has 0 aliphatic rings. The Balaban J connectivity index is 2.58. The molecule has 0 unspecified atom stereocenters. The van der Waals surface area contributed by atoms with Crippen molar-refractivity contribution in [1.82, 2.24) is 14.5 Å². The first kappa shape index (κ1) is 27.3. The minimum Gasteiger partial charge on any atom is -0.476 e. The predicted molar refractivity (Wildman–Crippen MR) is 129 cm³/mol. The van der Waals surface area contributed by atoms with Crippen LogP contribution in [0.15, 0.2) is 23.1 Å². The minimum absolute atomic E-state index is 0.00836. The van der Waals surface area contributed by atoms with Gasteiger partial charge in [0.1, 0.15) is 10.6 Å². The number of carboxylic acids is 1. The van der Waals surface area contributed by atoms with Gasteiger partial charge in [0.05, 0.1) is 0 Å². The summed E-state index contributed by atoms with van der Waals surface area (Å²) in [4.78, 5) is 23.9. The molecule has 0 fully saturated rings. The van der Waals surface area contributed by atoms with Crippen LogP contribution >= 0.6 is 0 Å². The molecule has 1 aromatic heterocycles. The number of amides is 1. The minimum atomic E-state index is -4.03. The van der Waals surface area contributed by atoms with Gasteiger partial charge in [-0.05, 0) is 58.2 Å². The maximum Gasteiger partial charge on any atom is 0.356 e. The van der Waals surface area contributed by atoms with Gasteiger partial charge in [0.25, 0.3) is 0 Å². The zero-order valence-corrected chi connectivity index (χ0v) is 21.3. The van der Waals surface area contributed by atoms with Crippen LogP contribution < -0.4 is 14.8 Å². The molecule has 1 atom stereocenters. The highest BCUT2D eigenvalue weighted by atomic mass is 32.2. The molecule has 34 heavy (non-hydrogen) atoms. The van der Waals surface area contributed by atoms with Crippen LogP contribution in [0.3, 0.4) is 0 Å². The number of sulfonamides is 1. The van der Waals surface area contributed by atoms with Crippen molar-refractivity contribution in [1.29, 1.82) is 0 Å². The van der Waals surface area contributed by atoms with E-state index in [4.69, 9.17) is 4.74 Å². The topological polar surface area (TPSA) is 140 Å². The van der Waals surface area contributed by atoms with Gasteiger partial charge in [-0.15, -0.1) is 0 Å². The third-order valence-electron chi connectivity index (χ3n) is 5.67. The summed E-state index contributed by atoms with van der Waals surface area (Å²) in [5.41, 5.74) is 0.424. The lowest BCUT2D eigenvalue weighted by molar-refractivity contribution is -0.120. The quantitative estimate of drug-likeness (QED) is 0.403. The molecule has 0 saturated carbocycles. The number of anilines is 1. The van der Waals surface area contributed by atoms with Gasteiger partial charge >= 0.3 is 5.97 Å². The molecule has 1 aromatic carbocycles. The first-order valence-electron chi connectivity index (χ1n) is 11.4. The Bertz CT molecular complexity index is 1140. The number of hydrogen-bond donors (Lipinski definition) is 3. The second kappa shape index (κ2) is 11.5. The Morgan fingerprint density at radius 1 is 1.15 bits per heavy atom. The van der Waals surface area contributed by atoms with E-state index in [1.807, 2.05) is 20.8 Å². The number of rotatable bonds is 12. The number of nitrogens with zero attached hydrogens (tertiary/aromatic N) is 2. The number of hydrogen-bond acceptors (Lipinski definition) is 6. The van der Waals surface area contributed by atoms with Crippen molar-refractivity contribution in [3.05, 3.63) is 29.5 Å². The van der Waals surface area contributed by atoms with E-state index in [0.29, 0.717) is 31.5 Å². The van der Waals surface area contributed by atoms with Crippen molar-refractivity contribution < 1.29 is 27.9 Å². The van der Waals surface area contributed by atoms with Gasteiger partial charge in [0.15, 0.2) is 5.69 Å². The lowest BCUT2D eigenvalue weighted by atomic mass is 10.0. The molecule has 0 saturated heterocycles. The fraction of sp³-hybridized carbons (Fsp3) is 0.522. The van der Waals surface area contributed by atoms with Crippen LogP contribution in [0.2, 0.25) is 0 Å². The predicted octanol–water partition coefficient (Wildman–Crippen LogP) is 4.15. The van der Waals surface area contributed by atoms with E-state index in [-0.39, 0.29) is 45.6 Å². The molecule has 0 aliphatic heterocycles. The maximum atomic E-state index is 13.2. The highest BCUT2D eigenvalue weighted by molar-refractivity contribution is 7.89. The first-order chi connectivity index (χ1) is 16.0. The third-order valence-corrected chi connectivity index (χ3v) is 7.28. The molecule has 188 valence electrons. The Morgan fingerprint density at radius 2 is 1.79 bits per heavy atom. The van der Waals surface area contributed by atoms with Crippen LogP contribution in [0, 0.1) is 12.8 Å². The summed E-state index contributed by atoms with van der Waals surface area (Å²) in [7, 11) is -4.03. The lowest BCUT2D eigenvalue weighted by Crippen LogP contribution is -2.32. The third kappa shape index (κ3) is 6.15. The maximum absolute atomic E-state index is 13.2. The number of ether oxygens (including phenoxy) is 1. The molecule has 3 N–H and O–H groups in total. The monoisotopic (exact) mass is 494 g/mol. The molecule has 1 amide bonds. The molecule has 0 bridgehead atoms. The van der Waals surface area contributed by atoms with Crippen LogP contribution in [0.4, 0.5) is 5.69 Å². The van der Waals surface area contributed by atoms with Gasteiger partial charge in [-0.3, -0.25) is 4.79 Å². The summed E-state index contributed by atoms with van der Waals surface area (Å²) in [6, 6.07) is 4.01. The number of carbonyl (C=O) groups is 2. The average molecular weight is 495 g/mol. The van der Waals surface area contributed by atoms with Crippen molar-refractivity contribution in [3.63, 3.8) is 0 Å². The van der Waals surface area contributed by atoms with Crippen molar-refractivity contribution in [2.45, 2.75) is 78.3 Å².